The van der Waals surface area contributed by atoms with Crippen LogP contribution in [0, 0.1) is 0 Å². The van der Waals surface area contributed by atoms with Crippen molar-refractivity contribution >= 4 is 32.3 Å². The van der Waals surface area contributed by atoms with Gasteiger partial charge in [0.25, 0.3) is 0 Å². The first-order valence-electron chi connectivity index (χ1n) is 18.3. The van der Waals surface area contributed by atoms with Gasteiger partial charge in [-0.05, 0) is 83.9 Å². The van der Waals surface area contributed by atoms with Crippen LogP contribution in [0.15, 0.2) is 200 Å². The summed E-state index contributed by atoms with van der Waals surface area (Å²) < 4.78 is 0. The number of nitrogens with zero attached hydrogens (tertiary/aromatic N) is 3. The number of aromatic nitrogens is 3. The first-order valence-corrected chi connectivity index (χ1v) is 18.3. The van der Waals surface area contributed by atoms with Crippen molar-refractivity contribution in [3.8, 4) is 67.5 Å². The lowest BCUT2D eigenvalue weighted by molar-refractivity contribution is 1.07. The molecule has 0 radical (unpaired) electrons. The van der Waals surface area contributed by atoms with Crippen LogP contribution in [0.5, 0.6) is 0 Å². The quantitative estimate of drug-likeness (QED) is 0.163. The third-order valence-corrected chi connectivity index (χ3v) is 10.3. The van der Waals surface area contributed by atoms with E-state index in [1.165, 1.54) is 54.6 Å². The normalized spacial score (nSPS) is 11.3. The zero-order valence-electron chi connectivity index (χ0n) is 29.4. The molecule has 0 aliphatic heterocycles. The largest absolute Gasteiger partial charge is 0.208 e. The van der Waals surface area contributed by atoms with E-state index in [1.807, 2.05) is 60.7 Å². The lowest BCUT2D eigenvalue weighted by Crippen LogP contribution is -2.00. The second-order valence-corrected chi connectivity index (χ2v) is 13.6. The Labute approximate surface area is 313 Å². The molecule has 0 saturated heterocycles. The third kappa shape index (κ3) is 5.78. The molecule has 10 aromatic rings. The van der Waals surface area contributed by atoms with Gasteiger partial charge in [-0.3, -0.25) is 0 Å². The first kappa shape index (κ1) is 31.5. The summed E-state index contributed by atoms with van der Waals surface area (Å²) in [5, 5.41) is 7.49. The van der Waals surface area contributed by atoms with Gasteiger partial charge in [-0.15, -0.1) is 0 Å². The minimum absolute atomic E-state index is 0.647. The van der Waals surface area contributed by atoms with Crippen molar-refractivity contribution in [1.82, 2.24) is 15.0 Å². The topological polar surface area (TPSA) is 38.7 Å². The molecule has 0 spiro atoms. The van der Waals surface area contributed by atoms with Gasteiger partial charge in [0.15, 0.2) is 17.5 Å². The summed E-state index contributed by atoms with van der Waals surface area (Å²) in [5.74, 6) is 1.96. The summed E-state index contributed by atoms with van der Waals surface area (Å²) in [7, 11) is 0. The molecule has 0 unspecified atom stereocenters. The second kappa shape index (κ2) is 13.4. The SMILES string of the molecule is c1ccc(-c2ccc3c4ccc(-c5ccc(-c6nc(-c7ccccc7)nc(-c7ccccc7)n6)cc5)cc4c4cc(-c5ccccc5)ccc4c3c2)cc1. The molecule has 252 valence electrons. The minimum atomic E-state index is 0.647. The summed E-state index contributed by atoms with van der Waals surface area (Å²) >= 11 is 0. The van der Waals surface area contributed by atoms with Crippen LogP contribution < -0.4 is 0 Å². The Morgan fingerprint density at radius 1 is 0.185 bits per heavy atom. The van der Waals surface area contributed by atoms with Crippen molar-refractivity contribution in [2.75, 3.05) is 0 Å². The maximum absolute atomic E-state index is 4.94. The second-order valence-electron chi connectivity index (χ2n) is 13.6. The van der Waals surface area contributed by atoms with E-state index in [-0.39, 0.29) is 0 Å². The summed E-state index contributed by atoms with van der Waals surface area (Å²) in [6.45, 7) is 0. The zero-order valence-corrected chi connectivity index (χ0v) is 29.4. The molecule has 0 atom stereocenters. The smallest absolute Gasteiger partial charge is 0.164 e. The van der Waals surface area contributed by atoms with Gasteiger partial charge < -0.3 is 0 Å². The van der Waals surface area contributed by atoms with E-state index in [0.29, 0.717) is 17.5 Å². The van der Waals surface area contributed by atoms with E-state index in [9.17, 15) is 0 Å². The Morgan fingerprint density at radius 3 is 0.796 bits per heavy atom. The maximum atomic E-state index is 4.94. The highest BCUT2D eigenvalue weighted by Crippen LogP contribution is 2.40. The van der Waals surface area contributed by atoms with Crippen LogP contribution in [0.1, 0.15) is 0 Å². The average molecular weight is 688 g/mol. The lowest BCUT2D eigenvalue weighted by atomic mass is 9.89. The van der Waals surface area contributed by atoms with E-state index in [1.54, 1.807) is 0 Å². The molecule has 0 amide bonds. The van der Waals surface area contributed by atoms with Gasteiger partial charge in [0.1, 0.15) is 0 Å². The summed E-state index contributed by atoms with van der Waals surface area (Å²) in [6, 6.07) is 70.8. The summed E-state index contributed by atoms with van der Waals surface area (Å²) in [6.07, 6.45) is 0. The molecule has 54 heavy (non-hydrogen) atoms. The van der Waals surface area contributed by atoms with Crippen LogP contribution in [-0.2, 0) is 0 Å². The van der Waals surface area contributed by atoms with Gasteiger partial charge in [0.05, 0.1) is 0 Å². The molecule has 0 aliphatic carbocycles. The van der Waals surface area contributed by atoms with Gasteiger partial charge in [-0.1, -0.05) is 182 Å². The van der Waals surface area contributed by atoms with Crippen molar-refractivity contribution in [2.24, 2.45) is 0 Å². The van der Waals surface area contributed by atoms with E-state index < -0.39 is 0 Å². The Balaban J connectivity index is 1.10. The molecule has 3 nitrogen and oxygen atoms in total. The standard InChI is InChI=1S/C51H33N3/c1-5-13-34(14-6-1)40-25-28-43-44-29-26-42(33-47(44)48-32-41(35-15-7-2-8-16-35)27-30-45(48)46(43)31-40)36-21-23-39(24-22-36)51-53-49(37-17-9-3-10-18-37)52-50(54-51)38-19-11-4-12-20-38/h1-33H. The molecule has 0 saturated carbocycles. The van der Waals surface area contributed by atoms with Crippen LogP contribution in [-0.4, -0.2) is 15.0 Å². The maximum Gasteiger partial charge on any atom is 0.164 e. The highest BCUT2D eigenvalue weighted by molar-refractivity contribution is 6.26. The molecule has 9 aromatic carbocycles. The minimum Gasteiger partial charge on any atom is -0.208 e. The molecular weight excluding hydrogens is 655 g/mol. The predicted octanol–water partition coefficient (Wildman–Crippen LogP) is 13.3. The molecule has 0 N–H and O–H groups in total. The van der Waals surface area contributed by atoms with Gasteiger partial charge >= 0.3 is 0 Å². The van der Waals surface area contributed by atoms with Crippen LogP contribution in [0.25, 0.3) is 99.9 Å². The highest BCUT2D eigenvalue weighted by Gasteiger charge is 2.15. The van der Waals surface area contributed by atoms with Crippen LogP contribution in [0.2, 0.25) is 0 Å². The summed E-state index contributed by atoms with van der Waals surface area (Å²) in [4.78, 5) is 14.7. The van der Waals surface area contributed by atoms with Crippen LogP contribution in [0.4, 0.5) is 0 Å². The number of fused-ring (bicyclic) bond motifs is 6. The molecule has 1 aromatic heterocycles. The lowest BCUT2D eigenvalue weighted by Gasteiger charge is -2.15. The van der Waals surface area contributed by atoms with Crippen molar-refractivity contribution in [1.29, 1.82) is 0 Å². The van der Waals surface area contributed by atoms with Crippen molar-refractivity contribution in [3.05, 3.63) is 200 Å². The fourth-order valence-electron chi connectivity index (χ4n) is 7.56. The number of hydrogen-bond acceptors (Lipinski definition) is 3. The van der Waals surface area contributed by atoms with E-state index in [2.05, 4.69) is 140 Å². The Hall–Kier alpha value is -7.23. The number of hydrogen-bond donors (Lipinski definition) is 0. The molecule has 0 aliphatic rings. The number of benzene rings is 9. The van der Waals surface area contributed by atoms with Gasteiger partial charge in [-0.25, -0.2) is 15.0 Å². The van der Waals surface area contributed by atoms with E-state index >= 15 is 0 Å². The van der Waals surface area contributed by atoms with Crippen molar-refractivity contribution in [2.45, 2.75) is 0 Å². The first-order chi connectivity index (χ1) is 26.7. The average Bonchev–Trinajstić information content (AvgIpc) is 3.27. The third-order valence-electron chi connectivity index (χ3n) is 10.3. The van der Waals surface area contributed by atoms with Gasteiger partial charge in [0, 0.05) is 16.7 Å². The fourth-order valence-corrected chi connectivity index (χ4v) is 7.56. The zero-order chi connectivity index (χ0) is 35.8. The van der Waals surface area contributed by atoms with Gasteiger partial charge in [0.2, 0.25) is 0 Å². The molecule has 1 heterocycles. The van der Waals surface area contributed by atoms with Crippen LogP contribution >= 0.6 is 0 Å². The molecule has 0 bridgehead atoms. The Kier molecular flexibility index (Phi) is 7.81. The molecular formula is C51H33N3. The van der Waals surface area contributed by atoms with E-state index in [4.69, 9.17) is 15.0 Å². The number of rotatable bonds is 6. The highest BCUT2D eigenvalue weighted by atomic mass is 15.0. The molecule has 10 rings (SSSR count). The van der Waals surface area contributed by atoms with Crippen molar-refractivity contribution < 1.29 is 0 Å². The monoisotopic (exact) mass is 687 g/mol. The summed E-state index contributed by atoms with van der Waals surface area (Å²) in [5.41, 5.74) is 10.0. The molecule has 0 fully saturated rings. The Morgan fingerprint density at radius 2 is 0.426 bits per heavy atom. The van der Waals surface area contributed by atoms with Gasteiger partial charge in [-0.2, -0.15) is 0 Å². The fraction of sp³-hybridized carbons (Fsp3) is 0. The Bertz CT molecular complexity index is 2880. The molecule has 3 heteroatoms. The predicted molar refractivity (Wildman–Crippen MR) is 225 cm³/mol. The van der Waals surface area contributed by atoms with Crippen LogP contribution in [0.3, 0.4) is 0 Å². The van der Waals surface area contributed by atoms with Crippen molar-refractivity contribution in [3.63, 3.8) is 0 Å². The van der Waals surface area contributed by atoms with E-state index in [0.717, 1.165) is 27.8 Å².